The van der Waals surface area contributed by atoms with Crippen LogP contribution >= 0.6 is 0 Å². The van der Waals surface area contributed by atoms with Crippen LogP contribution in [-0.4, -0.2) is 25.3 Å². The minimum atomic E-state index is -0.994. The molecule has 1 aromatic carbocycles. The fourth-order valence-electron chi connectivity index (χ4n) is 1.42. The Balaban J connectivity index is 3.42. The van der Waals surface area contributed by atoms with Crippen molar-refractivity contribution in [2.75, 3.05) is 14.2 Å². The highest BCUT2D eigenvalue weighted by molar-refractivity contribution is 5.90. The Morgan fingerprint density at radius 1 is 1.31 bits per heavy atom. The summed E-state index contributed by atoms with van der Waals surface area (Å²) in [5, 5.41) is 8.94. The summed E-state index contributed by atoms with van der Waals surface area (Å²) in [6.07, 6.45) is 3.58. The van der Waals surface area contributed by atoms with Crippen LogP contribution in [0.25, 0.3) is 6.08 Å². The van der Waals surface area contributed by atoms with Gasteiger partial charge in [-0.1, -0.05) is 12.2 Å². The van der Waals surface area contributed by atoms with E-state index < -0.39 is 5.97 Å². The third-order valence-corrected chi connectivity index (χ3v) is 2.10. The van der Waals surface area contributed by atoms with Crippen LogP contribution in [-0.2, 0) is 0 Å². The Bertz CT molecular complexity index is 421. The van der Waals surface area contributed by atoms with Crippen LogP contribution in [0.4, 0.5) is 0 Å². The predicted octanol–water partition coefficient (Wildman–Crippen LogP) is 2.44. The van der Waals surface area contributed by atoms with Gasteiger partial charge >= 0.3 is 5.97 Å². The van der Waals surface area contributed by atoms with E-state index in [2.05, 4.69) is 0 Å². The second kappa shape index (κ2) is 5.21. The number of rotatable bonds is 4. The van der Waals surface area contributed by atoms with Gasteiger partial charge < -0.3 is 14.6 Å². The number of benzene rings is 1. The molecule has 1 rings (SSSR count). The summed E-state index contributed by atoms with van der Waals surface area (Å²) in [6, 6.07) is 2.98. The van der Waals surface area contributed by atoms with Crippen molar-refractivity contribution in [2.45, 2.75) is 6.92 Å². The minimum absolute atomic E-state index is 0.172. The Labute approximate surface area is 94.1 Å². The van der Waals surface area contributed by atoms with Crippen molar-refractivity contribution >= 4 is 12.0 Å². The lowest BCUT2D eigenvalue weighted by molar-refractivity contribution is 0.0696. The van der Waals surface area contributed by atoms with Crippen molar-refractivity contribution in [3.8, 4) is 11.5 Å². The molecular formula is C12H14O4. The first kappa shape index (κ1) is 12.1. The highest BCUT2D eigenvalue weighted by Gasteiger charge is 2.13. The summed E-state index contributed by atoms with van der Waals surface area (Å²) in [4.78, 5) is 10.9. The molecule has 0 saturated carbocycles. The Kier molecular flexibility index (Phi) is 3.94. The number of aromatic carboxylic acids is 1. The molecule has 0 aliphatic carbocycles. The van der Waals surface area contributed by atoms with E-state index in [0.29, 0.717) is 17.1 Å². The summed E-state index contributed by atoms with van der Waals surface area (Å²) < 4.78 is 10.3. The Hall–Kier alpha value is -1.97. The first-order valence-corrected chi connectivity index (χ1v) is 4.76. The fourth-order valence-corrected chi connectivity index (χ4v) is 1.42. The summed E-state index contributed by atoms with van der Waals surface area (Å²) >= 11 is 0. The lowest BCUT2D eigenvalue weighted by atomic mass is 10.1. The van der Waals surface area contributed by atoms with Gasteiger partial charge in [0.2, 0.25) is 0 Å². The smallest absolute Gasteiger partial charge is 0.335 e. The molecular weight excluding hydrogens is 208 g/mol. The number of carbonyl (C=O) groups is 1. The van der Waals surface area contributed by atoms with Crippen molar-refractivity contribution < 1.29 is 19.4 Å². The van der Waals surface area contributed by atoms with Gasteiger partial charge in [0.25, 0.3) is 0 Å². The molecule has 0 amide bonds. The van der Waals surface area contributed by atoms with Gasteiger partial charge in [0.15, 0.2) is 11.5 Å². The van der Waals surface area contributed by atoms with Crippen molar-refractivity contribution in [3.63, 3.8) is 0 Å². The monoisotopic (exact) mass is 222 g/mol. The second-order valence-electron chi connectivity index (χ2n) is 3.11. The van der Waals surface area contributed by atoms with E-state index >= 15 is 0 Å². The topological polar surface area (TPSA) is 55.8 Å². The lowest BCUT2D eigenvalue weighted by Crippen LogP contribution is -2.00. The van der Waals surface area contributed by atoms with E-state index in [1.165, 1.54) is 20.3 Å². The zero-order valence-corrected chi connectivity index (χ0v) is 9.48. The molecule has 4 nitrogen and oxygen atoms in total. The van der Waals surface area contributed by atoms with E-state index in [4.69, 9.17) is 14.6 Å². The maximum atomic E-state index is 10.9. The molecule has 0 aliphatic rings. The first-order valence-electron chi connectivity index (χ1n) is 4.76. The van der Waals surface area contributed by atoms with Crippen LogP contribution in [0.1, 0.15) is 22.8 Å². The molecule has 0 fully saturated rings. The van der Waals surface area contributed by atoms with E-state index in [-0.39, 0.29) is 5.56 Å². The van der Waals surface area contributed by atoms with Gasteiger partial charge in [-0.3, -0.25) is 0 Å². The van der Waals surface area contributed by atoms with Crippen molar-refractivity contribution in [1.29, 1.82) is 0 Å². The number of allylic oxidation sites excluding steroid dienone is 1. The summed E-state index contributed by atoms with van der Waals surface area (Å²) in [5.74, 6) is -0.0483. The van der Waals surface area contributed by atoms with Gasteiger partial charge in [-0.25, -0.2) is 4.79 Å². The molecule has 0 unspecified atom stereocenters. The van der Waals surface area contributed by atoms with Gasteiger partial charge in [0, 0.05) is 5.56 Å². The van der Waals surface area contributed by atoms with E-state index in [9.17, 15) is 4.79 Å². The molecule has 0 aromatic heterocycles. The van der Waals surface area contributed by atoms with Crippen LogP contribution in [0.3, 0.4) is 0 Å². The van der Waals surface area contributed by atoms with E-state index in [1.807, 2.05) is 13.0 Å². The number of ether oxygens (including phenoxy) is 2. The largest absolute Gasteiger partial charge is 0.493 e. The normalized spacial score (nSPS) is 10.4. The molecule has 86 valence electrons. The number of hydrogen-bond acceptors (Lipinski definition) is 3. The lowest BCUT2D eigenvalue weighted by Gasteiger charge is -2.11. The van der Waals surface area contributed by atoms with E-state index in [0.717, 1.165) is 0 Å². The molecule has 4 heteroatoms. The second-order valence-corrected chi connectivity index (χ2v) is 3.11. The molecule has 0 saturated heterocycles. The quantitative estimate of drug-likeness (QED) is 0.850. The highest BCUT2D eigenvalue weighted by atomic mass is 16.5. The Morgan fingerprint density at radius 2 is 2.00 bits per heavy atom. The summed E-state index contributed by atoms with van der Waals surface area (Å²) in [5.41, 5.74) is 0.854. The van der Waals surface area contributed by atoms with Gasteiger partial charge in [0.1, 0.15) is 0 Å². The molecule has 1 aromatic rings. The molecule has 1 N–H and O–H groups in total. The predicted molar refractivity (Wildman–Crippen MR) is 61.2 cm³/mol. The zero-order valence-electron chi connectivity index (χ0n) is 9.48. The number of hydrogen-bond donors (Lipinski definition) is 1. The average Bonchev–Trinajstić information content (AvgIpc) is 2.28. The van der Waals surface area contributed by atoms with Crippen LogP contribution in [0.2, 0.25) is 0 Å². The molecule has 0 radical (unpaired) electrons. The third-order valence-electron chi connectivity index (χ3n) is 2.10. The summed E-state index contributed by atoms with van der Waals surface area (Å²) in [6.45, 7) is 1.85. The third kappa shape index (κ3) is 2.34. The van der Waals surface area contributed by atoms with Crippen LogP contribution in [0.15, 0.2) is 18.2 Å². The van der Waals surface area contributed by atoms with Crippen LogP contribution in [0, 0.1) is 0 Å². The molecule has 0 aliphatic heterocycles. The average molecular weight is 222 g/mol. The number of carboxylic acids is 1. The minimum Gasteiger partial charge on any atom is -0.493 e. The van der Waals surface area contributed by atoms with Crippen LogP contribution in [0.5, 0.6) is 11.5 Å². The van der Waals surface area contributed by atoms with E-state index in [1.54, 1.807) is 12.1 Å². The van der Waals surface area contributed by atoms with Crippen molar-refractivity contribution in [1.82, 2.24) is 0 Å². The van der Waals surface area contributed by atoms with Gasteiger partial charge in [-0.15, -0.1) is 0 Å². The fraction of sp³-hybridized carbons (Fsp3) is 0.250. The summed E-state index contributed by atoms with van der Waals surface area (Å²) in [7, 11) is 2.99. The molecule has 0 heterocycles. The maximum Gasteiger partial charge on any atom is 0.335 e. The Morgan fingerprint density at radius 3 is 2.44 bits per heavy atom. The van der Waals surface area contributed by atoms with Crippen molar-refractivity contribution in [2.24, 2.45) is 0 Å². The maximum absolute atomic E-state index is 10.9. The number of carboxylic acid groups (broad SMARTS) is 1. The molecule has 16 heavy (non-hydrogen) atoms. The van der Waals surface area contributed by atoms with Crippen LogP contribution < -0.4 is 9.47 Å². The first-order chi connectivity index (χ1) is 7.63. The van der Waals surface area contributed by atoms with Gasteiger partial charge in [-0.2, -0.15) is 0 Å². The van der Waals surface area contributed by atoms with Gasteiger partial charge in [0.05, 0.1) is 19.8 Å². The number of methoxy groups -OCH3 is 2. The van der Waals surface area contributed by atoms with Crippen molar-refractivity contribution in [3.05, 3.63) is 29.3 Å². The molecule has 0 bridgehead atoms. The molecule has 0 spiro atoms. The molecule has 0 atom stereocenters. The standard InChI is InChI=1S/C12H14O4/c1-4-5-8-6-9(12(13)14)7-10(15-2)11(8)16-3/h4-7H,1-3H3,(H,13,14)/b5-4+. The van der Waals surface area contributed by atoms with Gasteiger partial charge in [-0.05, 0) is 19.1 Å². The zero-order chi connectivity index (χ0) is 12.1. The highest BCUT2D eigenvalue weighted by Crippen LogP contribution is 2.33. The SMILES string of the molecule is C/C=C/c1cc(C(=O)O)cc(OC)c1OC.